The number of anilines is 2. The number of amides is 1. The number of benzene rings is 3. The van der Waals surface area contributed by atoms with Gasteiger partial charge in [-0.15, -0.1) is 0 Å². The molecule has 0 spiro atoms. The SMILES string of the molecule is COc1ccc2c(c1)SC(c1ccc(NC(=O)c3ccc(F)c(C(F)(F)F)c3)cc1)N2. The van der Waals surface area contributed by atoms with Crippen LogP contribution in [-0.4, -0.2) is 13.0 Å². The molecular formula is C22H16F4N2O2S. The number of alkyl halides is 3. The van der Waals surface area contributed by atoms with Crippen LogP contribution in [0, 0.1) is 5.82 Å². The van der Waals surface area contributed by atoms with Gasteiger partial charge in [-0.1, -0.05) is 23.9 Å². The first-order valence-electron chi connectivity index (χ1n) is 9.14. The summed E-state index contributed by atoms with van der Waals surface area (Å²) in [6.45, 7) is 0. The molecule has 3 aromatic carbocycles. The van der Waals surface area contributed by atoms with Crippen LogP contribution in [0.3, 0.4) is 0 Å². The van der Waals surface area contributed by atoms with Crippen molar-refractivity contribution in [3.8, 4) is 5.75 Å². The number of fused-ring (bicyclic) bond motifs is 1. The second kappa shape index (κ2) is 8.14. The van der Waals surface area contributed by atoms with Gasteiger partial charge >= 0.3 is 6.18 Å². The van der Waals surface area contributed by atoms with Crippen LogP contribution in [0.1, 0.15) is 26.9 Å². The summed E-state index contributed by atoms with van der Waals surface area (Å²) in [4.78, 5) is 13.4. The molecule has 1 atom stereocenters. The van der Waals surface area contributed by atoms with Gasteiger partial charge in [0.05, 0.1) is 12.7 Å². The Bertz CT molecular complexity index is 1130. The number of carbonyl (C=O) groups is 1. The first-order valence-corrected chi connectivity index (χ1v) is 10.0. The molecule has 1 unspecified atom stereocenters. The van der Waals surface area contributed by atoms with E-state index in [9.17, 15) is 22.4 Å². The molecule has 0 bridgehead atoms. The minimum absolute atomic E-state index is 0.0294. The average Bonchev–Trinajstić information content (AvgIpc) is 3.17. The maximum absolute atomic E-state index is 13.4. The Balaban J connectivity index is 1.45. The fourth-order valence-corrected chi connectivity index (χ4v) is 4.29. The molecule has 31 heavy (non-hydrogen) atoms. The van der Waals surface area contributed by atoms with Gasteiger partial charge in [-0.05, 0) is 54.1 Å². The molecule has 3 aromatic rings. The molecule has 160 valence electrons. The standard InChI is InChI=1S/C22H16F4N2O2S/c1-30-15-7-9-18-19(11-15)31-21(28-18)12-2-5-14(6-3-12)27-20(29)13-4-8-17(23)16(10-13)22(24,25)26/h2-11,21,28H,1H3,(H,27,29). The Hall–Kier alpha value is -3.20. The minimum Gasteiger partial charge on any atom is -0.497 e. The number of hydrogen-bond donors (Lipinski definition) is 2. The molecule has 0 fully saturated rings. The summed E-state index contributed by atoms with van der Waals surface area (Å²) >= 11 is 1.62. The summed E-state index contributed by atoms with van der Waals surface area (Å²) in [6.07, 6.45) is -4.88. The zero-order chi connectivity index (χ0) is 22.2. The summed E-state index contributed by atoms with van der Waals surface area (Å²) in [5.74, 6) is -1.42. The van der Waals surface area contributed by atoms with Crippen molar-refractivity contribution in [3.63, 3.8) is 0 Å². The largest absolute Gasteiger partial charge is 0.497 e. The highest BCUT2D eigenvalue weighted by molar-refractivity contribution is 8.00. The first kappa shape index (κ1) is 21.0. The number of thioether (sulfide) groups is 1. The van der Waals surface area contributed by atoms with Crippen LogP contribution < -0.4 is 15.4 Å². The van der Waals surface area contributed by atoms with Crippen LogP contribution in [0.2, 0.25) is 0 Å². The van der Waals surface area contributed by atoms with Gasteiger partial charge in [0.25, 0.3) is 5.91 Å². The van der Waals surface area contributed by atoms with E-state index in [1.165, 1.54) is 0 Å². The zero-order valence-corrected chi connectivity index (χ0v) is 16.9. The fourth-order valence-electron chi connectivity index (χ4n) is 3.12. The molecule has 0 saturated carbocycles. The van der Waals surface area contributed by atoms with E-state index in [1.54, 1.807) is 31.0 Å². The molecule has 1 heterocycles. The average molecular weight is 448 g/mol. The van der Waals surface area contributed by atoms with Gasteiger partial charge in [0.15, 0.2) is 0 Å². The number of halogens is 4. The summed E-state index contributed by atoms with van der Waals surface area (Å²) in [5.41, 5.74) is 0.601. The van der Waals surface area contributed by atoms with Crippen LogP contribution in [-0.2, 0) is 6.18 Å². The molecule has 4 rings (SSSR count). The van der Waals surface area contributed by atoms with E-state index in [0.29, 0.717) is 17.8 Å². The second-order valence-electron chi connectivity index (χ2n) is 6.77. The summed E-state index contributed by atoms with van der Waals surface area (Å²) in [6, 6.07) is 14.9. The highest BCUT2D eigenvalue weighted by Crippen LogP contribution is 2.47. The molecular weight excluding hydrogens is 432 g/mol. The smallest absolute Gasteiger partial charge is 0.419 e. The van der Waals surface area contributed by atoms with E-state index < -0.39 is 23.5 Å². The molecule has 1 aliphatic heterocycles. The quantitative estimate of drug-likeness (QED) is 0.459. The topological polar surface area (TPSA) is 50.4 Å². The maximum Gasteiger partial charge on any atom is 0.419 e. The van der Waals surface area contributed by atoms with Gasteiger partial charge in [-0.3, -0.25) is 4.79 Å². The van der Waals surface area contributed by atoms with Gasteiger partial charge in [-0.2, -0.15) is 13.2 Å². The van der Waals surface area contributed by atoms with Crippen LogP contribution in [0.5, 0.6) is 5.75 Å². The van der Waals surface area contributed by atoms with E-state index in [2.05, 4.69) is 10.6 Å². The lowest BCUT2D eigenvalue weighted by Crippen LogP contribution is -2.15. The molecule has 1 amide bonds. The Morgan fingerprint density at radius 2 is 1.81 bits per heavy atom. The van der Waals surface area contributed by atoms with Crippen molar-refractivity contribution in [1.29, 1.82) is 0 Å². The normalized spacial score (nSPS) is 15.2. The van der Waals surface area contributed by atoms with E-state index >= 15 is 0 Å². The number of carbonyl (C=O) groups excluding carboxylic acids is 1. The van der Waals surface area contributed by atoms with E-state index in [4.69, 9.17) is 4.74 Å². The van der Waals surface area contributed by atoms with Gasteiger partial charge in [-0.25, -0.2) is 4.39 Å². The highest BCUT2D eigenvalue weighted by Gasteiger charge is 2.34. The third kappa shape index (κ3) is 4.46. The monoisotopic (exact) mass is 448 g/mol. The van der Waals surface area contributed by atoms with Crippen molar-refractivity contribution >= 4 is 29.0 Å². The molecule has 4 nitrogen and oxygen atoms in total. The van der Waals surface area contributed by atoms with Crippen molar-refractivity contribution in [3.05, 3.63) is 83.2 Å². The van der Waals surface area contributed by atoms with E-state index in [0.717, 1.165) is 28.0 Å². The van der Waals surface area contributed by atoms with Crippen LogP contribution in [0.15, 0.2) is 65.6 Å². The molecule has 1 aliphatic rings. The molecule has 0 radical (unpaired) electrons. The van der Waals surface area contributed by atoms with E-state index in [1.807, 2.05) is 30.3 Å². The van der Waals surface area contributed by atoms with E-state index in [-0.39, 0.29) is 10.9 Å². The lowest BCUT2D eigenvalue weighted by Gasteiger charge is -2.13. The predicted molar refractivity (Wildman–Crippen MR) is 111 cm³/mol. The minimum atomic E-state index is -4.88. The lowest BCUT2D eigenvalue weighted by molar-refractivity contribution is -0.140. The summed E-state index contributed by atoms with van der Waals surface area (Å²) in [5, 5.41) is 5.90. The van der Waals surface area contributed by atoms with Gasteiger partial charge < -0.3 is 15.4 Å². The third-order valence-corrected chi connectivity index (χ3v) is 5.94. The third-order valence-electron chi connectivity index (χ3n) is 4.73. The number of methoxy groups -OCH3 is 1. The fraction of sp³-hybridized carbons (Fsp3) is 0.136. The number of rotatable bonds is 4. The molecule has 0 aromatic heterocycles. The Labute approximate surface area is 179 Å². The Kier molecular flexibility index (Phi) is 5.53. The molecule has 2 N–H and O–H groups in total. The van der Waals surface area contributed by atoms with Crippen LogP contribution in [0.25, 0.3) is 0 Å². The van der Waals surface area contributed by atoms with Crippen molar-refractivity contribution in [1.82, 2.24) is 0 Å². The van der Waals surface area contributed by atoms with Crippen LogP contribution in [0.4, 0.5) is 28.9 Å². The van der Waals surface area contributed by atoms with Gasteiger partial charge in [0.2, 0.25) is 0 Å². The predicted octanol–water partition coefficient (Wildman–Crippen LogP) is 6.32. The molecule has 9 heteroatoms. The van der Waals surface area contributed by atoms with Crippen LogP contribution >= 0.6 is 11.8 Å². The second-order valence-corrected chi connectivity index (χ2v) is 7.92. The van der Waals surface area contributed by atoms with Gasteiger partial charge in [0, 0.05) is 21.8 Å². The number of nitrogens with one attached hydrogen (secondary N) is 2. The molecule has 0 saturated heterocycles. The van der Waals surface area contributed by atoms with Crippen molar-refractivity contribution < 1.29 is 27.1 Å². The maximum atomic E-state index is 13.4. The Morgan fingerprint density at radius 1 is 1.06 bits per heavy atom. The Morgan fingerprint density at radius 3 is 2.48 bits per heavy atom. The summed E-state index contributed by atoms with van der Waals surface area (Å²) in [7, 11) is 1.61. The highest BCUT2D eigenvalue weighted by atomic mass is 32.2. The molecule has 0 aliphatic carbocycles. The number of hydrogen-bond acceptors (Lipinski definition) is 4. The zero-order valence-electron chi connectivity index (χ0n) is 16.1. The summed E-state index contributed by atoms with van der Waals surface area (Å²) < 4.78 is 57.3. The first-order chi connectivity index (χ1) is 14.7. The van der Waals surface area contributed by atoms with Crippen molar-refractivity contribution in [2.45, 2.75) is 16.4 Å². The lowest BCUT2D eigenvalue weighted by atomic mass is 10.1. The van der Waals surface area contributed by atoms with Crippen molar-refractivity contribution in [2.75, 3.05) is 17.7 Å². The van der Waals surface area contributed by atoms with Crippen molar-refractivity contribution in [2.24, 2.45) is 0 Å². The number of ether oxygens (including phenoxy) is 1. The van der Waals surface area contributed by atoms with Gasteiger partial charge in [0.1, 0.15) is 16.9 Å².